The molecule has 0 aromatic carbocycles. The second-order valence-electron chi connectivity index (χ2n) is 3.18. The van der Waals surface area contributed by atoms with Gasteiger partial charge in [0.2, 0.25) is 0 Å². The van der Waals surface area contributed by atoms with Crippen molar-refractivity contribution in [2.45, 2.75) is 24.6 Å². The molecule has 0 bridgehead atoms. The molecular weight excluding hydrogens is 181 g/mol. The van der Waals surface area contributed by atoms with E-state index in [-0.39, 0.29) is 0 Å². The topological polar surface area (TPSA) is 12.0 Å². The van der Waals surface area contributed by atoms with E-state index in [1.807, 2.05) is 0 Å². The number of alkyl halides is 2. The highest BCUT2D eigenvalue weighted by molar-refractivity contribution is 6.21. The Morgan fingerprint density at radius 2 is 2.09 bits per heavy atom. The first-order chi connectivity index (χ1) is 5.33. The standard InChI is InChI=1S/C8H15Cl2N/c9-2-1-3-11-6-7-4-8(10)5-7/h7-8,11H,1-6H2. The maximum Gasteiger partial charge on any atom is 0.0342 e. The molecule has 1 N–H and O–H groups in total. The van der Waals surface area contributed by atoms with Crippen molar-refractivity contribution in [2.75, 3.05) is 19.0 Å². The Bertz CT molecular complexity index is 102. The van der Waals surface area contributed by atoms with E-state index in [4.69, 9.17) is 23.2 Å². The summed E-state index contributed by atoms with van der Waals surface area (Å²) in [6.07, 6.45) is 3.45. The Morgan fingerprint density at radius 1 is 1.36 bits per heavy atom. The van der Waals surface area contributed by atoms with Crippen LogP contribution >= 0.6 is 23.2 Å². The van der Waals surface area contributed by atoms with Crippen LogP contribution in [0.1, 0.15) is 19.3 Å². The highest BCUT2D eigenvalue weighted by atomic mass is 35.5. The molecule has 0 saturated heterocycles. The van der Waals surface area contributed by atoms with E-state index in [0.717, 1.165) is 31.3 Å². The van der Waals surface area contributed by atoms with E-state index in [0.29, 0.717) is 5.38 Å². The van der Waals surface area contributed by atoms with Crippen LogP contribution in [0.15, 0.2) is 0 Å². The Kier molecular flexibility index (Phi) is 4.58. The second-order valence-corrected chi connectivity index (χ2v) is 4.18. The zero-order valence-corrected chi connectivity index (χ0v) is 8.17. The van der Waals surface area contributed by atoms with Gasteiger partial charge in [-0.05, 0) is 38.3 Å². The van der Waals surface area contributed by atoms with Crippen LogP contribution in [0.4, 0.5) is 0 Å². The summed E-state index contributed by atoms with van der Waals surface area (Å²) in [5.74, 6) is 1.59. The maximum absolute atomic E-state index is 5.83. The fourth-order valence-electron chi connectivity index (χ4n) is 1.32. The summed E-state index contributed by atoms with van der Waals surface area (Å²) in [5, 5.41) is 3.82. The van der Waals surface area contributed by atoms with Gasteiger partial charge in [0.25, 0.3) is 0 Å². The Morgan fingerprint density at radius 3 is 2.64 bits per heavy atom. The molecule has 0 aliphatic heterocycles. The van der Waals surface area contributed by atoms with Crippen LogP contribution in [0.3, 0.4) is 0 Å². The van der Waals surface area contributed by atoms with Gasteiger partial charge in [0.15, 0.2) is 0 Å². The monoisotopic (exact) mass is 195 g/mol. The van der Waals surface area contributed by atoms with E-state index < -0.39 is 0 Å². The van der Waals surface area contributed by atoms with Crippen molar-refractivity contribution in [2.24, 2.45) is 5.92 Å². The molecule has 66 valence electrons. The summed E-state index contributed by atoms with van der Waals surface area (Å²) >= 11 is 11.4. The highest BCUT2D eigenvalue weighted by Crippen LogP contribution is 2.30. The van der Waals surface area contributed by atoms with Gasteiger partial charge in [-0.3, -0.25) is 0 Å². The average Bonchev–Trinajstić information content (AvgIpc) is 1.94. The number of hydrogen-bond donors (Lipinski definition) is 1. The van der Waals surface area contributed by atoms with Gasteiger partial charge in [-0.25, -0.2) is 0 Å². The van der Waals surface area contributed by atoms with Crippen molar-refractivity contribution in [3.05, 3.63) is 0 Å². The lowest BCUT2D eigenvalue weighted by atomic mass is 9.85. The maximum atomic E-state index is 5.83. The predicted molar refractivity (Wildman–Crippen MR) is 50.6 cm³/mol. The molecule has 11 heavy (non-hydrogen) atoms. The molecule has 0 amide bonds. The molecule has 0 spiro atoms. The zero-order valence-electron chi connectivity index (χ0n) is 6.65. The molecule has 0 aromatic heterocycles. The number of nitrogens with one attached hydrogen (secondary N) is 1. The van der Waals surface area contributed by atoms with Crippen LogP contribution in [0.2, 0.25) is 0 Å². The van der Waals surface area contributed by atoms with Gasteiger partial charge in [-0.1, -0.05) is 0 Å². The molecule has 1 nitrogen and oxygen atoms in total. The third-order valence-electron chi connectivity index (χ3n) is 2.10. The largest absolute Gasteiger partial charge is 0.316 e. The molecule has 3 heteroatoms. The van der Waals surface area contributed by atoms with Crippen molar-refractivity contribution in [3.8, 4) is 0 Å². The zero-order chi connectivity index (χ0) is 8.10. The summed E-state index contributed by atoms with van der Waals surface area (Å²) < 4.78 is 0. The van der Waals surface area contributed by atoms with Crippen LogP contribution < -0.4 is 5.32 Å². The molecule has 1 aliphatic rings. The van der Waals surface area contributed by atoms with Crippen molar-refractivity contribution in [1.82, 2.24) is 5.32 Å². The molecule has 0 heterocycles. The van der Waals surface area contributed by atoms with Gasteiger partial charge in [0.05, 0.1) is 0 Å². The van der Waals surface area contributed by atoms with Crippen LogP contribution in [-0.2, 0) is 0 Å². The van der Waals surface area contributed by atoms with E-state index >= 15 is 0 Å². The molecule has 1 rings (SSSR count). The van der Waals surface area contributed by atoms with Crippen LogP contribution in [0.25, 0.3) is 0 Å². The summed E-state index contributed by atoms with van der Waals surface area (Å²) in [6.45, 7) is 2.17. The molecule has 0 radical (unpaired) electrons. The Labute approximate surface area is 78.4 Å². The minimum atomic E-state index is 0.454. The van der Waals surface area contributed by atoms with E-state index in [9.17, 15) is 0 Å². The smallest absolute Gasteiger partial charge is 0.0342 e. The van der Waals surface area contributed by atoms with Crippen molar-refractivity contribution >= 4 is 23.2 Å². The van der Waals surface area contributed by atoms with Crippen LogP contribution in [0, 0.1) is 5.92 Å². The predicted octanol–water partition coefficient (Wildman–Crippen LogP) is 2.22. The van der Waals surface area contributed by atoms with E-state index in [1.54, 1.807) is 0 Å². The first kappa shape index (κ1) is 9.63. The normalized spacial score (nSPS) is 30.0. The van der Waals surface area contributed by atoms with Gasteiger partial charge in [-0.2, -0.15) is 0 Å². The highest BCUT2D eigenvalue weighted by Gasteiger charge is 2.26. The molecule has 1 aliphatic carbocycles. The molecule has 0 unspecified atom stereocenters. The minimum absolute atomic E-state index is 0.454. The summed E-state index contributed by atoms with van der Waals surface area (Å²) in [7, 11) is 0. The average molecular weight is 196 g/mol. The Balaban J connectivity index is 1.81. The summed E-state index contributed by atoms with van der Waals surface area (Å²) in [4.78, 5) is 0. The van der Waals surface area contributed by atoms with E-state index in [2.05, 4.69) is 5.32 Å². The molecule has 0 atom stereocenters. The van der Waals surface area contributed by atoms with E-state index in [1.165, 1.54) is 12.8 Å². The first-order valence-corrected chi connectivity index (χ1v) is 5.20. The SMILES string of the molecule is ClCCCNCC1CC(Cl)C1. The second kappa shape index (κ2) is 5.23. The lowest BCUT2D eigenvalue weighted by molar-refractivity contribution is 0.309. The Hall–Kier alpha value is 0.540. The minimum Gasteiger partial charge on any atom is -0.316 e. The number of hydrogen-bond acceptors (Lipinski definition) is 1. The molecule has 0 aromatic rings. The third-order valence-corrected chi connectivity index (χ3v) is 2.72. The van der Waals surface area contributed by atoms with Crippen molar-refractivity contribution in [1.29, 1.82) is 0 Å². The lowest BCUT2D eigenvalue weighted by Gasteiger charge is -2.30. The summed E-state index contributed by atoms with van der Waals surface area (Å²) in [6, 6.07) is 0. The quantitative estimate of drug-likeness (QED) is 0.525. The van der Waals surface area contributed by atoms with Gasteiger partial charge >= 0.3 is 0 Å². The van der Waals surface area contributed by atoms with Crippen molar-refractivity contribution in [3.63, 3.8) is 0 Å². The first-order valence-electron chi connectivity index (χ1n) is 4.23. The van der Waals surface area contributed by atoms with Crippen LogP contribution in [-0.4, -0.2) is 24.3 Å². The van der Waals surface area contributed by atoms with Gasteiger partial charge in [-0.15, -0.1) is 23.2 Å². The third kappa shape index (κ3) is 3.64. The lowest BCUT2D eigenvalue weighted by Crippen LogP contribution is -2.34. The molecule has 1 fully saturated rings. The fourth-order valence-corrected chi connectivity index (χ4v) is 1.96. The van der Waals surface area contributed by atoms with Crippen LogP contribution in [0.5, 0.6) is 0 Å². The van der Waals surface area contributed by atoms with Gasteiger partial charge in [0, 0.05) is 11.3 Å². The molecule has 1 saturated carbocycles. The number of halogens is 2. The number of rotatable bonds is 5. The fraction of sp³-hybridized carbons (Fsp3) is 1.00. The molecular formula is C8H15Cl2N. The van der Waals surface area contributed by atoms with Gasteiger partial charge < -0.3 is 5.32 Å². The van der Waals surface area contributed by atoms with Gasteiger partial charge in [0.1, 0.15) is 0 Å². The summed E-state index contributed by atoms with van der Waals surface area (Å²) in [5.41, 5.74) is 0. The van der Waals surface area contributed by atoms with Crippen molar-refractivity contribution < 1.29 is 0 Å².